The molecular weight excluding hydrogens is 879 g/mol. The number of carbonyl (C=O) groups excluding carboxylic acids is 4. The molecule has 2 aromatic heterocycles. The Morgan fingerprint density at radius 3 is 2.30 bits per heavy atom. The monoisotopic (exact) mass is 932 g/mol. The van der Waals surface area contributed by atoms with Crippen LogP contribution in [0.15, 0.2) is 73.1 Å². The number of H-pyrrole nitrogens is 1. The third-order valence-electron chi connectivity index (χ3n) is 14.8. The normalized spacial score (nSPS) is 22.4. The standard InChI is InChI=1S/C50H54F2N8O6S/c1-29-3-4-30(2)60(29)67(65,66)56-42-12-11-41(51)45(46(42)52)47(62)40-26-54-48-39(40)24-35(25-53-48)32-5-8-37(9-6-32)58-21-15-31(16-22-58)27-57-19-17-33(18-20-57)34-7-10-38-36(23-34)28-59(50(38)64)43-13-14-44(61)55-49(43)63/h5-12,23-26,29-31,33,43,56H,3-4,13-22,27-28H2,1-2H3,(H,53,54)(H,55,61,63)/t29-,30-,43-/m0/s1. The van der Waals surface area contributed by atoms with Crippen LogP contribution in [0.4, 0.5) is 20.2 Å². The fourth-order valence-electron chi connectivity index (χ4n) is 11.1. The number of rotatable bonds is 11. The summed E-state index contributed by atoms with van der Waals surface area (Å²) >= 11 is 0. The maximum Gasteiger partial charge on any atom is 0.302 e. The van der Waals surface area contributed by atoms with E-state index in [-0.39, 0.29) is 35.9 Å². The summed E-state index contributed by atoms with van der Waals surface area (Å²) in [6, 6.07) is 16.8. The first-order chi connectivity index (χ1) is 32.2. The third kappa shape index (κ3) is 8.61. The Morgan fingerprint density at radius 1 is 0.851 bits per heavy atom. The Labute approximate surface area is 388 Å². The van der Waals surface area contributed by atoms with Gasteiger partial charge in [-0.15, -0.1) is 0 Å². The molecule has 3 aromatic carbocycles. The Kier molecular flexibility index (Phi) is 12.0. The maximum absolute atomic E-state index is 16.0. The van der Waals surface area contributed by atoms with Crippen molar-refractivity contribution in [3.05, 3.63) is 113 Å². The average molecular weight is 933 g/mol. The summed E-state index contributed by atoms with van der Waals surface area (Å²) in [6.07, 6.45) is 9.23. The van der Waals surface area contributed by atoms with E-state index in [1.54, 1.807) is 31.0 Å². The number of benzene rings is 3. The van der Waals surface area contributed by atoms with Crippen molar-refractivity contribution >= 4 is 56.1 Å². The van der Waals surface area contributed by atoms with Gasteiger partial charge < -0.3 is 19.7 Å². The summed E-state index contributed by atoms with van der Waals surface area (Å²) in [5.41, 5.74) is 4.55. The second-order valence-electron chi connectivity index (χ2n) is 19.0. The molecule has 0 radical (unpaired) electrons. The number of hydrogen-bond acceptors (Lipinski definition) is 9. The zero-order valence-corrected chi connectivity index (χ0v) is 38.4. The first kappa shape index (κ1) is 44.8. The van der Waals surface area contributed by atoms with E-state index >= 15 is 8.78 Å². The van der Waals surface area contributed by atoms with Crippen LogP contribution in [0.25, 0.3) is 22.2 Å². The predicted octanol–water partition coefficient (Wildman–Crippen LogP) is 7.13. The molecule has 5 aromatic rings. The lowest BCUT2D eigenvalue weighted by molar-refractivity contribution is -0.136. The molecule has 4 saturated heterocycles. The number of likely N-dealkylation sites (tertiary alicyclic amines) is 1. The predicted molar refractivity (Wildman–Crippen MR) is 250 cm³/mol. The van der Waals surface area contributed by atoms with Gasteiger partial charge in [0.1, 0.15) is 17.5 Å². The molecule has 10 rings (SSSR count). The van der Waals surface area contributed by atoms with Crippen LogP contribution in [0.5, 0.6) is 0 Å². The Balaban J connectivity index is 0.733. The molecular formula is C50H54F2N8O6S. The number of nitrogens with zero attached hydrogens (tertiary/aromatic N) is 5. The highest BCUT2D eigenvalue weighted by molar-refractivity contribution is 7.90. The van der Waals surface area contributed by atoms with Crippen molar-refractivity contribution in [3.8, 4) is 11.1 Å². The zero-order valence-electron chi connectivity index (χ0n) is 37.6. The van der Waals surface area contributed by atoms with E-state index < -0.39 is 50.8 Å². The lowest BCUT2D eigenvalue weighted by Crippen LogP contribution is -2.52. The Morgan fingerprint density at radius 2 is 1.58 bits per heavy atom. The molecule has 0 spiro atoms. The number of ketones is 1. The SMILES string of the molecule is C[C@H]1CC[C@H](C)N1S(=O)(=O)Nc1ccc(F)c(C(=O)c2c[nH]c3ncc(-c4ccc(N5CCC(CN6CCC(c7ccc8c(c7)CN([C@H]7CCC(=O)NC7=O)C8=O)CC6)CC5)cc4)cc23)c1F. The lowest BCUT2D eigenvalue weighted by Gasteiger charge is -2.38. The van der Waals surface area contributed by atoms with Gasteiger partial charge in [-0.05, 0) is 137 Å². The molecule has 5 aliphatic heterocycles. The van der Waals surface area contributed by atoms with E-state index in [2.05, 4.69) is 54.1 Å². The summed E-state index contributed by atoms with van der Waals surface area (Å²) in [7, 11) is -4.18. The molecule has 3 N–H and O–H groups in total. The number of hydrogen-bond donors (Lipinski definition) is 3. The van der Waals surface area contributed by atoms with Crippen molar-refractivity contribution in [2.45, 2.75) is 95.8 Å². The van der Waals surface area contributed by atoms with Gasteiger partial charge in [0.25, 0.3) is 5.91 Å². The molecule has 7 heterocycles. The highest BCUT2D eigenvalue weighted by atomic mass is 32.2. The minimum absolute atomic E-state index is 0.00668. The quantitative estimate of drug-likeness (QED) is 0.0923. The van der Waals surface area contributed by atoms with E-state index in [0.29, 0.717) is 59.8 Å². The van der Waals surface area contributed by atoms with Gasteiger partial charge >= 0.3 is 10.2 Å². The van der Waals surface area contributed by atoms with Gasteiger partial charge in [0, 0.05) is 84.8 Å². The highest BCUT2D eigenvalue weighted by Crippen LogP contribution is 2.36. The van der Waals surface area contributed by atoms with Crippen molar-refractivity contribution in [3.63, 3.8) is 0 Å². The molecule has 17 heteroatoms. The number of aromatic amines is 1. The van der Waals surface area contributed by atoms with Gasteiger partial charge in [-0.2, -0.15) is 12.7 Å². The van der Waals surface area contributed by atoms with Crippen molar-refractivity contribution in [2.24, 2.45) is 5.92 Å². The number of aromatic nitrogens is 2. The summed E-state index contributed by atoms with van der Waals surface area (Å²) in [6.45, 7) is 8.94. The van der Waals surface area contributed by atoms with Crippen LogP contribution in [0.2, 0.25) is 0 Å². The number of amides is 3. The third-order valence-corrected chi connectivity index (χ3v) is 16.5. The van der Waals surface area contributed by atoms with Gasteiger partial charge in [-0.25, -0.2) is 13.8 Å². The molecule has 67 heavy (non-hydrogen) atoms. The number of anilines is 2. The summed E-state index contributed by atoms with van der Waals surface area (Å²) in [5.74, 6) is -3.14. The Hall–Kier alpha value is -6.04. The van der Waals surface area contributed by atoms with Crippen LogP contribution in [-0.2, 0) is 26.3 Å². The van der Waals surface area contributed by atoms with E-state index in [0.717, 1.165) is 87.4 Å². The molecule has 0 unspecified atom stereocenters. The second kappa shape index (κ2) is 17.9. The number of nitrogens with one attached hydrogen (secondary N) is 3. The number of carbonyl (C=O) groups is 4. The number of imide groups is 1. The van der Waals surface area contributed by atoms with Crippen LogP contribution in [0.3, 0.4) is 0 Å². The van der Waals surface area contributed by atoms with Gasteiger partial charge in [-0.1, -0.05) is 24.3 Å². The first-order valence-electron chi connectivity index (χ1n) is 23.4. The molecule has 0 saturated carbocycles. The van der Waals surface area contributed by atoms with E-state index in [9.17, 15) is 27.6 Å². The minimum Gasteiger partial charge on any atom is -0.372 e. The van der Waals surface area contributed by atoms with E-state index in [1.165, 1.54) is 16.1 Å². The van der Waals surface area contributed by atoms with Crippen molar-refractivity contribution in [1.82, 2.24) is 29.4 Å². The lowest BCUT2D eigenvalue weighted by atomic mass is 9.87. The number of pyridine rings is 1. The molecule has 0 bridgehead atoms. The average Bonchev–Trinajstić information content (AvgIpc) is 4.01. The second-order valence-corrected chi connectivity index (χ2v) is 20.6. The minimum atomic E-state index is -4.18. The van der Waals surface area contributed by atoms with E-state index in [1.807, 2.05) is 18.2 Å². The largest absolute Gasteiger partial charge is 0.372 e. The number of halogens is 2. The fraction of sp³-hybridized carbons (Fsp3) is 0.420. The van der Waals surface area contributed by atoms with Crippen LogP contribution < -0.4 is 14.9 Å². The topological polar surface area (TPSA) is 168 Å². The van der Waals surface area contributed by atoms with Crippen LogP contribution in [0, 0.1) is 17.6 Å². The summed E-state index contributed by atoms with van der Waals surface area (Å²) in [5, 5.41) is 2.75. The molecule has 0 aliphatic carbocycles. The van der Waals surface area contributed by atoms with Crippen molar-refractivity contribution in [1.29, 1.82) is 0 Å². The summed E-state index contributed by atoms with van der Waals surface area (Å²) in [4.78, 5) is 65.2. The molecule has 4 fully saturated rings. The van der Waals surface area contributed by atoms with Crippen molar-refractivity contribution < 1.29 is 36.4 Å². The number of fused-ring (bicyclic) bond motifs is 2. The van der Waals surface area contributed by atoms with Gasteiger partial charge in [0.2, 0.25) is 17.6 Å². The maximum atomic E-state index is 16.0. The molecule has 350 valence electrons. The van der Waals surface area contributed by atoms with Crippen LogP contribution in [0.1, 0.15) is 109 Å². The van der Waals surface area contributed by atoms with Gasteiger partial charge in [-0.3, -0.25) is 29.2 Å². The Bertz CT molecular complexity index is 2880. The van der Waals surface area contributed by atoms with Crippen LogP contribution in [-0.4, -0.2) is 107 Å². The van der Waals surface area contributed by atoms with Gasteiger partial charge in [0.15, 0.2) is 5.82 Å². The molecule has 3 atom stereocenters. The fourth-order valence-corrected chi connectivity index (χ4v) is 12.8. The first-order valence-corrected chi connectivity index (χ1v) is 24.8. The molecule has 5 aliphatic rings. The number of piperidine rings is 3. The van der Waals surface area contributed by atoms with Crippen molar-refractivity contribution in [2.75, 3.05) is 42.3 Å². The smallest absolute Gasteiger partial charge is 0.302 e. The molecule has 14 nitrogen and oxygen atoms in total. The van der Waals surface area contributed by atoms with E-state index in [4.69, 9.17) is 0 Å². The zero-order chi connectivity index (χ0) is 46.7. The molecule has 3 amide bonds. The van der Waals surface area contributed by atoms with Crippen LogP contribution >= 0.6 is 0 Å². The summed E-state index contributed by atoms with van der Waals surface area (Å²) < 4.78 is 61.3. The van der Waals surface area contributed by atoms with Gasteiger partial charge in [0.05, 0.1) is 11.3 Å². The highest BCUT2D eigenvalue weighted by Gasteiger charge is 2.40.